The summed E-state index contributed by atoms with van der Waals surface area (Å²) in [6, 6.07) is 13.8. The highest BCUT2D eigenvalue weighted by atomic mass is 16.5. The Morgan fingerprint density at radius 3 is 2.83 bits per heavy atom. The molecule has 0 radical (unpaired) electrons. The Hall–Kier alpha value is -3.48. The van der Waals surface area contributed by atoms with Crippen molar-refractivity contribution in [2.24, 2.45) is 0 Å². The Labute approximate surface area is 174 Å². The second-order valence-corrected chi connectivity index (χ2v) is 7.81. The molecule has 1 aliphatic rings. The smallest absolute Gasteiger partial charge is 0.253 e. The van der Waals surface area contributed by atoms with E-state index in [1.165, 1.54) is 6.33 Å². The molecule has 1 atom stereocenters. The number of hydrogen-bond donors (Lipinski definition) is 0. The van der Waals surface area contributed by atoms with E-state index in [0.717, 1.165) is 47.3 Å². The van der Waals surface area contributed by atoms with Gasteiger partial charge in [-0.15, -0.1) is 0 Å². The van der Waals surface area contributed by atoms with Gasteiger partial charge < -0.3 is 9.64 Å². The summed E-state index contributed by atoms with van der Waals surface area (Å²) in [6.07, 6.45) is 3.50. The van der Waals surface area contributed by atoms with Gasteiger partial charge in [-0.05, 0) is 60.9 Å². The van der Waals surface area contributed by atoms with Crippen LogP contribution in [0.2, 0.25) is 0 Å². The molecule has 0 bridgehead atoms. The van der Waals surface area contributed by atoms with Crippen LogP contribution in [0.3, 0.4) is 0 Å². The number of hydrogen-bond acceptors (Lipinski definition) is 5. The molecule has 3 heterocycles. The molecule has 152 valence electrons. The first-order valence-corrected chi connectivity index (χ1v) is 10.2. The molecule has 2 aromatic carbocycles. The van der Waals surface area contributed by atoms with E-state index in [2.05, 4.69) is 21.1 Å². The Kier molecular flexibility index (Phi) is 4.58. The molecule has 2 aromatic heterocycles. The lowest BCUT2D eigenvalue weighted by atomic mass is 9.93. The van der Waals surface area contributed by atoms with Crippen LogP contribution >= 0.6 is 0 Å². The SMILES string of the molecule is COc1ccc2cc(C(=O)N3CCCC(c4cc(C)nc5ncnn45)C3)ccc2c1. The van der Waals surface area contributed by atoms with Crippen molar-refractivity contribution in [3.8, 4) is 5.75 Å². The largest absolute Gasteiger partial charge is 0.497 e. The van der Waals surface area contributed by atoms with Gasteiger partial charge in [-0.3, -0.25) is 4.79 Å². The fraction of sp³-hybridized carbons (Fsp3) is 0.304. The van der Waals surface area contributed by atoms with E-state index in [1.807, 2.05) is 48.2 Å². The summed E-state index contributed by atoms with van der Waals surface area (Å²) in [4.78, 5) is 23.9. The number of aromatic nitrogens is 4. The Morgan fingerprint density at radius 2 is 1.97 bits per heavy atom. The van der Waals surface area contributed by atoms with Gasteiger partial charge in [0.1, 0.15) is 12.1 Å². The Balaban J connectivity index is 1.42. The highest BCUT2D eigenvalue weighted by Gasteiger charge is 2.27. The van der Waals surface area contributed by atoms with E-state index in [-0.39, 0.29) is 11.8 Å². The zero-order valence-electron chi connectivity index (χ0n) is 17.1. The van der Waals surface area contributed by atoms with E-state index >= 15 is 0 Å². The van der Waals surface area contributed by atoms with Gasteiger partial charge in [-0.2, -0.15) is 10.1 Å². The topological polar surface area (TPSA) is 72.6 Å². The summed E-state index contributed by atoms with van der Waals surface area (Å²) in [5.74, 6) is 1.70. The van der Waals surface area contributed by atoms with Crippen molar-refractivity contribution < 1.29 is 9.53 Å². The Morgan fingerprint density at radius 1 is 1.13 bits per heavy atom. The summed E-state index contributed by atoms with van der Waals surface area (Å²) in [7, 11) is 1.66. The number of methoxy groups -OCH3 is 1. The van der Waals surface area contributed by atoms with Crippen LogP contribution in [-0.4, -0.2) is 50.6 Å². The summed E-state index contributed by atoms with van der Waals surface area (Å²) in [5, 5.41) is 6.43. The number of rotatable bonds is 3. The fourth-order valence-corrected chi connectivity index (χ4v) is 4.32. The molecule has 30 heavy (non-hydrogen) atoms. The quantitative estimate of drug-likeness (QED) is 0.524. The van der Waals surface area contributed by atoms with Crippen molar-refractivity contribution in [2.45, 2.75) is 25.7 Å². The second kappa shape index (κ2) is 7.40. The van der Waals surface area contributed by atoms with E-state index in [1.54, 1.807) is 11.6 Å². The first-order valence-electron chi connectivity index (χ1n) is 10.2. The number of amides is 1. The third kappa shape index (κ3) is 3.26. The minimum absolute atomic E-state index is 0.0676. The zero-order valence-corrected chi connectivity index (χ0v) is 17.1. The summed E-state index contributed by atoms with van der Waals surface area (Å²) < 4.78 is 7.09. The third-order valence-corrected chi connectivity index (χ3v) is 5.83. The molecule has 1 unspecified atom stereocenters. The maximum absolute atomic E-state index is 13.3. The molecule has 7 nitrogen and oxygen atoms in total. The second-order valence-electron chi connectivity index (χ2n) is 7.81. The van der Waals surface area contributed by atoms with Crippen LogP contribution < -0.4 is 4.74 Å². The van der Waals surface area contributed by atoms with Crippen LogP contribution in [0.25, 0.3) is 16.6 Å². The van der Waals surface area contributed by atoms with Crippen molar-refractivity contribution in [3.63, 3.8) is 0 Å². The van der Waals surface area contributed by atoms with E-state index < -0.39 is 0 Å². The minimum Gasteiger partial charge on any atom is -0.497 e. The normalized spacial score (nSPS) is 16.9. The molecule has 7 heteroatoms. The van der Waals surface area contributed by atoms with Gasteiger partial charge in [-0.1, -0.05) is 12.1 Å². The maximum atomic E-state index is 13.3. The van der Waals surface area contributed by atoms with Crippen molar-refractivity contribution >= 4 is 22.5 Å². The number of ether oxygens (including phenoxy) is 1. The van der Waals surface area contributed by atoms with E-state index in [0.29, 0.717) is 17.9 Å². The molecule has 0 saturated carbocycles. The van der Waals surface area contributed by atoms with Crippen LogP contribution in [0, 0.1) is 6.92 Å². The molecule has 0 aliphatic carbocycles. The molecule has 4 aromatic rings. The average molecular weight is 401 g/mol. The number of piperidine rings is 1. The molecule has 1 aliphatic heterocycles. The Bertz CT molecular complexity index is 1250. The first-order chi connectivity index (χ1) is 14.6. The summed E-state index contributed by atoms with van der Waals surface area (Å²) in [6.45, 7) is 3.40. The predicted molar refractivity (Wildman–Crippen MR) is 114 cm³/mol. The van der Waals surface area contributed by atoms with Crippen LogP contribution in [-0.2, 0) is 0 Å². The summed E-state index contributed by atoms with van der Waals surface area (Å²) in [5.41, 5.74) is 2.70. The lowest BCUT2D eigenvalue weighted by molar-refractivity contribution is 0.0705. The van der Waals surface area contributed by atoms with Gasteiger partial charge in [0.2, 0.25) is 0 Å². The lowest BCUT2D eigenvalue weighted by Gasteiger charge is -2.33. The van der Waals surface area contributed by atoms with Gasteiger partial charge in [0.15, 0.2) is 0 Å². The van der Waals surface area contributed by atoms with Crippen LogP contribution in [0.1, 0.15) is 40.5 Å². The number of nitrogens with zero attached hydrogens (tertiary/aromatic N) is 5. The fourth-order valence-electron chi connectivity index (χ4n) is 4.32. The number of carbonyl (C=O) groups is 1. The monoisotopic (exact) mass is 401 g/mol. The van der Waals surface area contributed by atoms with Gasteiger partial charge >= 0.3 is 0 Å². The number of likely N-dealkylation sites (tertiary alicyclic amines) is 1. The standard InChI is InChI=1S/C23H23N5O2/c1-15-10-21(28-23(26-15)24-14-25-28)19-4-3-9-27(13-19)22(29)18-6-5-17-12-20(30-2)8-7-16(17)11-18/h5-8,10-12,14,19H,3-4,9,13H2,1-2H3. The van der Waals surface area contributed by atoms with Crippen molar-refractivity contribution in [1.29, 1.82) is 0 Å². The van der Waals surface area contributed by atoms with Crippen molar-refractivity contribution in [3.05, 3.63) is 65.7 Å². The highest BCUT2D eigenvalue weighted by molar-refractivity contribution is 5.99. The predicted octanol–water partition coefficient (Wildman–Crippen LogP) is 3.61. The molecule has 0 N–H and O–H groups in total. The van der Waals surface area contributed by atoms with Crippen molar-refractivity contribution in [1.82, 2.24) is 24.5 Å². The highest BCUT2D eigenvalue weighted by Crippen LogP contribution is 2.29. The van der Waals surface area contributed by atoms with Gasteiger partial charge in [-0.25, -0.2) is 9.50 Å². The van der Waals surface area contributed by atoms with Crippen LogP contribution in [0.4, 0.5) is 0 Å². The molecule has 1 saturated heterocycles. The molecular weight excluding hydrogens is 378 g/mol. The van der Waals surface area contributed by atoms with Gasteiger partial charge in [0.05, 0.1) is 12.8 Å². The minimum atomic E-state index is 0.0676. The molecule has 0 spiro atoms. The van der Waals surface area contributed by atoms with E-state index in [4.69, 9.17) is 4.74 Å². The molecule has 1 fully saturated rings. The number of fused-ring (bicyclic) bond motifs is 2. The van der Waals surface area contributed by atoms with E-state index in [9.17, 15) is 4.79 Å². The number of carbonyl (C=O) groups excluding carboxylic acids is 1. The number of aryl methyl sites for hydroxylation is 1. The molecule has 1 amide bonds. The zero-order chi connectivity index (χ0) is 20.7. The molecular formula is C23H23N5O2. The lowest BCUT2D eigenvalue weighted by Crippen LogP contribution is -2.39. The van der Waals surface area contributed by atoms with Gasteiger partial charge in [0, 0.05) is 30.3 Å². The van der Waals surface area contributed by atoms with Gasteiger partial charge in [0.25, 0.3) is 11.7 Å². The third-order valence-electron chi connectivity index (χ3n) is 5.83. The molecule has 5 rings (SSSR count). The van der Waals surface area contributed by atoms with Crippen LogP contribution in [0.15, 0.2) is 48.8 Å². The maximum Gasteiger partial charge on any atom is 0.253 e. The summed E-state index contributed by atoms with van der Waals surface area (Å²) >= 11 is 0. The number of benzene rings is 2. The van der Waals surface area contributed by atoms with Crippen LogP contribution in [0.5, 0.6) is 5.75 Å². The van der Waals surface area contributed by atoms with Crippen molar-refractivity contribution in [2.75, 3.05) is 20.2 Å². The first kappa shape index (κ1) is 18.5. The average Bonchev–Trinajstić information content (AvgIpc) is 3.25.